The minimum atomic E-state index is -0.956. The number of halogens is 2. The molecule has 9 heteroatoms. The highest BCUT2D eigenvalue weighted by Crippen LogP contribution is 2.31. The van der Waals surface area contributed by atoms with Crippen molar-refractivity contribution in [1.82, 2.24) is 4.57 Å². The first-order valence-electron chi connectivity index (χ1n) is 13.4. The van der Waals surface area contributed by atoms with Crippen molar-refractivity contribution in [2.45, 2.75) is 32.7 Å². The SMILES string of the molecule is Cc1c(CCCC(=O)O)c2cccc(/C=C/c3ccc(OC/C=C/COc4c(F)cccc4F)cc3)c2n1CC(=O)O. The molecule has 0 saturated heterocycles. The minimum Gasteiger partial charge on any atom is -0.490 e. The lowest BCUT2D eigenvalue weighted by Gasteiger charge is -2.08. The number of carboxylic acid groups (broad SMARTS) is 2. The van der Waals surface area contributed by atoms with Crippen LogP contribution in [-0.2, 0) is 22.6 Å². The molecule has 0 aliphatic carbocycles. The number of aliphatic carboxylic acids is 2. The molecule has 0 aliphatic heterocycles. The summed E-state index contributed by atoms with van der Waals surface area (Å²) in [6.07, 6.45) is 8.22. The molecule has 1 heterocycles. The number of para-hydroxylation sites is 2. The van der Waals surface area contributed by atoms with E-state index in [9.17, 15) is 23.5 Å². The van der Waals surface area contributed by atoms with E-state index in [4.69, 9.17) is 14.6 Å². The zero-order chi connectivity index (χ0) is 30.1. The number of ether oxygens (including phenoxy) is 2. The van der Waals surface area contributed by atoms with Crippen LogP contribution in [0.1, 0.15) is 35.2 Å². The minimum absolute atomic E-state index is 0.00308. The molecule has 218 valence electrons. The number of hydrogen-bond donors (Lipinski definition) is 2. The van der Waals surface area contributed by atoms with E-state index < -0.39 is 29.3 Å². The highest BCUT2D eigenvalue weighted by molar-refractivity contribution is 5.95. The summed E-state index contributed by atoms with van der Waals surface area (Å²) in [6, 6.07) is 16.7. The average Bonchev–Trinajstić information content (AvgIpc) is 3.21. The van der Waals surface area contributed by atoms with Crippen molar-refractivity contribution in [2.75, 3.05) is 13.2 Å². The normalized spacial score (nSPS) is 11.5. The van der Waals surface area contributed by atoms with Crippen LogP contribution < -0.4 is 9.47 Å². The summed E-state index contributed by atoms with van der Waals surface area (Å²) in [6.45, 7) is 1.92. The lowest BCUT2D eigenvalue weighted by molar-refractivity contribution is -0.138. The van der Waals surface area contributed by atoms with Crippen molar-refractivity contribution in [3.8, 4) is 11.5 Å². The van der Waals surface area contributed by atoms with Crippen LogP contribution in [0, 0.1) is 18.6 Å². The third kappa shape index (κ3) is 7.63. The molecular formula is C33H31F2NO6. The van der Waals surface area contributed by atoms with Crippen LogP contribution in [0.25, 0.3) is 23.1 Å². The predicted octanol–water partition coefficient (Wildman–Crippen LogP) is 6.90. The van der Waals surface area contributed by atoms with Gasteiger partial charge in [0.15, 0.2) is 17.4 Å². The monoisotopic (exact) mass is 575 g/mol. The highest BCUT2D eigenvalue weighted by Gasteiger charge is 2.18. The van der Waals surface area contributed by atoms with E-state index in [-0.39, 0.29) is 26.2 Å². The van der Waals surface area contributed by atoms with Crippen molar-refractivity contribution in [2.24, 2.45) is 0 Å². The standard InChI is InChI=1S/C33H31F2NO6/c1-22-26(8-5-12-30(37)38)27-9-4-7-24(32(27)36(22)21-31(39)40)16-13-23-14-17-25(18-15-23)41-19-2-3-20-42-33-28(34)10-6-11-29(33)35/h2-4,6-7,9-11,13-18H,5,8,12,19-21H2,1H3,(H,37,38)(H,39,40)/b3-2+,16-13+. The quantitative estimate of drug-likeness (QED) is 0.125. The maximum atomic E-state index is 13.6. The predicted molar refractivity (Wildman–Crippen MR) is 157 cm³/mol. The number of aromatic nitrogens is 1. The Bertz CT molecular complexity index is 1600. The van der Waals surface area contributed by atoms with E-state index in [1.54, 1.807) is 16.7 Å². The summed E-state index contributed by atoms with van der Waals surface area (Å²) in [5, 5.41) is 19.5. The van der Waals surface area contributed by atoms with Gasteiger partial charge in [0, 0.05) is 17.5 Å². The van der Waals surface area contributed by atoms with E-state index in [1.165, 1.54) is 6.07 Å². The molecule has 3 aromatic carbocycles. The number of nitrogens with zero attached hydrogens (tertiary/aromatic N) is 1. The Balaban J connectivity index is 1.41. The van der Waals surface area contributed by atoms with E-state index in [0.717, 1.165) is 45.4 Å². The van der Waals surface area contributed by atoms with Crippen LogP contribution in [0.2, 0.25) is 0 Å². The summed E-state index contributed by atoms with van der Waals surface area (Å²) in [7, 11) is 0. The third-order valence-electron chi connectivity index (χ3n) is 6.71. The molecule has 1 aromatic heterocycles. The van der Waals surface area contributed by atoms with Gasteiger partial charge in [-0.25, -0.2) is 8.78 Å². The van der Waals surface area contributed by atoms with E-state index >= 15 is 0 Å². The topological polar surface area (TPSA) is 98.0 Å². The van der Waals surface area contributed by atoms with Crippen molar-refractivity contribution in [3.63, 3.8) is 0 Å². The first kappa shape index (κ1) is 30.0. The first-order valence-corrected chi connectivity index (χ1v) is 13.4. The molecule has 0 spiro atoms. The van der Waals surface area contributed by atoms with E-state index in [1.807, 2.05) is 61.5 Å². The summed E-state index contributed by atoms with van der Waals surface area (Å²) in [5.41, 5.74) is 4.34. The van der Waals surface area contributed by atoms with Gasteiger partial charge >= 0.3 is 11.9 Å². The molecule has 7 nitrogen and oxygen atoms in total. The fourth-order valence-electron chi connectivity index (χ4n) is 4.72. The Morgan fingerprint density at radius 3 is 2.19 bits per heavy atom. The van der Waals surface area contributed by atoms with Gasteiger partial charge in [-0.15, -0.1) is 0 Å². The summed E-state index contributed by atoms with van der Waals surface area (Å²) in [4.78, 5) is 22.7. The number of benzene rings is 3. The molecule has 0 aliphatic rings. The Morgan fingerprint density at radius 2 is 1.52 bits per heavy atom. The van der Waals surface area contributed by atoms with Crippen LogP contribution in [-0.4, -0.2) is 39.9 Å². The molecule has 0 unspecified atom stereocenters. The lowest BCUT2D eigenvalue weighted by atomic mass is 10.0. The van der Waals surface area contributed by atoms with Gasteiger partial charge in [-0.2, -0.15) is 0 Å². The van der Waals surface area contributed by atoms with Gasteiger partial charge in [0.1, 0.15) is 25.5 Å². The van der Waals surface area contributed by atoms with Gasteiger partial charge in [-0.1, -0.05) is 48.6 Å². The van der Waals surface area contributed by atoms with Gasteiger partial charge < -0.3 is 24.3 Å². The first-order chi connectivity index (χ1) is 20.2. The van der Waals surface area contributed by atoms with Crippen molar-refractivity contribution in [1.29, 1.82) is 0 Å². The van der Waals surface area contributed by atoms with Gasteiger partial charge in [0.2, 0.25) is 0 Å². The highest BCUT2D eigenvalue weighted by atomic mass is 19.1. The van der Waals surface area contributed by atoms with Crippen molar-refractivity contribution < 1.29 is 38.1 Å². The third-order valence-corrected chi connectivity index (χ3v) is 6.71. The molecule has 0 fully saturated rings. The number of rotatable bonds is 14. The van der Waals surface area contributed by atoms with Gasteiger partial charge in [0.05, 0.1) is 5.52 Å². The zero-order valence-corrected chi connectivity index (χ0v) is 23.1. The van der Waals surface area contributed by atoms with E-state index in [0.29, 0.717) is 18.6 Å². The van der Waals surface area contributed by atoms with Crippen molar-refractivity contribution in [3.05, 3.63) is 107 Å². The second-order valence-corrected chi connectivity index (χ2v) is 9.58. The number of carboxylic acids is 2. The fraction of sp³-hybridized carbons (Fsp3) is 0.212. The van der Waals surface area contributed by atoms with Crippen LogP contribution >= 0.6 is 0 Å². The second-order valence-electron chi connectivity index (χ2n) is 9.58. The largest absolute Gasteiger partial charge is 0.490 e. The molecule has 4 rings (SSSR count). The summed E-state index contributed by atoms with van der Waals surface area (Å²) >= 11 is 0. The van der Waals surface area contributed by atoms with Crippen LogP contribution in [0.5, 0.6) is 11.5 Å². The molecule has 0 atom stereocenters. The van der Waals surface area contributed by atoms with Crippen LogP contribution in [0.4, 0.5) is 8.78 Å². The number of fused-ring (bicyclic) bond motifs is 1. The van der Waals surface area contributed by atoms with Gasteiger partial charge in [-0.3, -0.25) is 9.59 Å². The van der Waals surface area contributed by atoms with E-state index in [2.05, 4.69) is 0 Å². The Hall–Kier alpha value is -4.92. The molecule has 0 amide bonds. The molecule has 42 heavy (non-hydrogen) atoms. The van der Waals surface area contributed by atoms with Crippen LogP contribution in [0.3, 0.4) is 0 Å². The van der Waals surface area contributed by atoms with Crippen LogP contribution in [0.15, 0.2) is 72.8 Å². The maximum absolute atomic E-state index is 13.6. The Labute approximate surface area is 241 Å². The molecule has 0 radical (unpaired) electrons. The Morgan fingerprint density at radius 1 is 0.857 bits per heavy atom. The molecule has 4 aromatic rings. The zero-order valence-electron chi connectivity index (χ0n) is 23.1. The van der Waals surface area contributed by atoms with Gasteiger partial charge in [0.25, 0.3) is 0 Å². The molecule has 0 saturated carbocycles. The smallest absolute Gasteiger partial charge is 0.323 e. The number of carbonyl (C=O) groups is 2. The summed E-state index contributed by atoms with van der Waals surface area (Å²) < 4.78 is 39.8. The number of aryl methyl sites for hydroxylation is 1. The van der Waals surface area contributed by atoms with Gasteiger partial charge in [-0.05, 0) is 72.9 Å². The maximum Gasteiger partial charge on any atom is 0.323 e. The lowest BCUT2D eigenvalue weighted by Crippen LogP contribution is -2.10. The number of hydrogen-bond acceptors (Lipinski definition) is 4. The average molecular weight is 576 g/mol. The summed E-state index contributed by atoms with van der Waals surface area (Å²) in [5.74, 6) is -3.10. The molecule has 2 N–H and O–H groups in total. The fourth-order valence-corrected chi connectivity index (χ4v) is 4.72. The molecule has 0 bridgehead atoms. The molecular weight excluding hydrogens is 544 g/mol. The Kier molecular flexibility index (Phi) is 10.1. The van der Waals surface area contributed by atoms with Crippen molar-refractivity contribution >= 4 is 35.0 Å². The second kappa shape index (κ2) is 14.1.